The predicted octanol–water partition coefficient (Wildman–Crippen LogP) is 4.03. The molecule has 3 aromatic rings. The first-order valence-corrected chi connectivity index (χ1v) is 10.1. The van der Waals surface area contributed by atoms with E-state index in [2.05, 4.69) is 15.3 Å². The van der Waals surface area contributed by atoms with Crippen molar-refractivity contribution < 1.29 is 27.4 Å². The van der Waals surface area contributed by atoms with Gasteiger partial charge in [0.25, 0.3) is 0 Å². The first kappa shape index (κ1) is 21.6. The van der Waals surface area contributed by atoms with E-state index in [-0.39, 0.29) is 41.5 Å². The highest BCUT2D eigenvalue weighted by Crippen LogP contribution is 2.39. The van der Waals surface area contributed by atoms with Crippen molar-refractivity contribution in [3.05, 3.63) is 42.4 Å². The Hall–Kier alpha value is -2.59. The molecule has 1 aliphatic rings. The van der Waals surface area contributed by atoms with E-state index >= 15 is 0 Å². The molecule has 2 N–H and O–H groups in total. The molecular formula is C21H25F3N4O3. The highest BCUT2D eigenvalue weighted by atomic mass is 19.4. The Kier molecular flexibility index (Phi) is 5.47. The summed E-state index contributed by atoms with van der Waals surface area (Å²) in [5.74, 6) is 0.0823. The van der Waals surface area contributed by atoms with Gasteiger partial charge in [-0.05, 0) is 33.3 Å². The lowest BCUT2D eigenvalue weighted by Gasteiger charge is -2.39. The van der Waals surface area contributed by atoms with Crippen LogP contribution in [0, 0.1) is 0 Å². The zero-order chi connectivity index (χ0) is 22.4. The fourth-order valence-corrected chi connectivity index (χ4v) is 4.31. The Labute approximate surface area is 177 Å². The second-order valence-corrected chi connectivity index (χ2v) is 8.47. The average molecular weight is 438 g/mol. The minimum Gasteiger partial charge on any atom is -0.492 e. The molecule has 3 atom stereocenters. The van der Waals surface area contributed by atoms with Crippen molar-refractivity contribution in [2.45, 2.75) is 63.5 Å². The Bertz CT molecular complexity index is 1050. The van der Waals surface area contributed by atoms with Gasteiger partial charge < -0.3 is 24.1 Å². The van der Waals surface area contributed by atoms with Crippen LogP contribution < -0.4 is 10.1 Å². The molecule has 4 rings (SSSR count). The van der Waals surface area contributed by atoms with Crippen molar-refractivity contribution in [1.82, 2.24) is 19.9 Å². The fraction of sp³-hybridized carbons (Fsp3) is 0.524. The maximum Gasteiger partial charge on any atom is 0.418 e. The number of benzene rings is 1. The summed E-state index contributed by atoms with van der Waals surface area (Å²) in [5, 5.41) is 14.4. The molecule has 0 aliphatic carbocycles. The molecule has 3 unspecified atom stereocenters. The highest BCUT2D eigenvalue weighted by Gasteiger charge is 2.41. The Morgan fingerprint density at radius 3 is 2.74 bits per heavy atom. The largest absolute Gasteiger partial charge is 0.492 e. The van der Waals surface area contributed by atoms with Crippen LogP contribution >= 0.6 is 0 Å². The van der Waals surface area contributed by atoms with Crippen LogP contribution in [0.3, 0.4) is 0 Å². The lowest BCUT2D eigenvalue weighted by atomic mass is 9.82. The van der Waals surface area contributed by atoms with Gasteiger partial charge in [-0.1, -0.05) is 0 Å². The maximum absolute atomic E-state index is 13.8. The van der Waals surface area contributed by atoms with Gasteiger partial charge in [-0.2, -0.15) is 13.2 Å². The first-order valence-electron chi connectivity index (χ1n) is 10.1. The Morgan fingerprint density at radius 1 is 1.32 bits per heavy atom. The number of imidazole rings is 1. The zero-order valence-electron chi connectivity index (χ0n) is 17.5. The molecule has 2 aromatic heterocycles. The van der Waals surface area contributed by atoms with Gasteiger partial charge in [0.15, 0.2) is 6.39 Å². The number of ether oxygens (including phenoxy) is 1. The molecule has 0 saturated carbocycles. The topological polar surface area (TPSA) is 85.3 Å². The van der Waals surface area contributed by atoms with Gasteiger partial charge in [0, 0.05) is 30.6 Å². The van der Waals surface area contributed by atoms with Crippen molar-refractivity contribution in [3.63, 3.8) is 0 Å². The van der Waals surface area contributed by atoms with Crippen LogP contribution in [0.15, 0.2) is 35.5 Å². The van der Waals surface area contributed by atoms with E-state index in [0.717, 1.165) is 6.07 Å². The molecule has 168 valence electrons. The fourth-order valence-electron chi connectivity index (χ4n) is 4.31. The number of hydrogen-bond acceptors (Lipinski definition) is 6. The molecule has 1 fully saturated rings. The summed E-state index contributed by atoms with van der Waals surface area (Å²) in [5.41, 5.74) is -1.27. The zero-order valence-corrected chi connectivity index (χ0v) is 17.5. The van der Waals surface area contributed by atoms with Crippen LogP contribution in [0.2, 0.25) is 0 Å². The minimum atomic E-state index is -4.55. The van der Waals surface area contributed by atoms with Crippen molar-refractivity contribution in [1.29, 1.82) is 0 Å². The number of piperidine rings is 1. The third kappa shape index (κ3) is 4.27. The molecule has 0 amide bonds. The van der Waals surface area contributed by atoms with Gasteiger partial charge >= 0.3 is 6.18 Å². The van der Waals surface area contributed by atoms with E-state index in [9.17, 15) is 18.3 Å². The van der Waals surface area contributed by atoms with Crippen LogP contribution in [0.25, 0.3) is 11.0 Å². The van der Waals surface area contributed by atoms with E-state index in [0.29, 0.717) is 18.5 Å². The van der Waals surface area contributed by atoms with Crippen molar-refractivity contribution in [2.24, 2.45) is 0 Å². The van der Waals surface area contributed by atoms with Crippen LogP contribution in [-0.2, 0) is 11.8 Å². The molecule has 1 aromatic carbocycles. The smallest absolute Gasteiger partial charge is 0.418 e. The SMILES string of the molecule is CC1CC(O)(c2cocn2)CC(COc2cc(C(F)(F)F)c3c(c2)ncn3C(C)C)N1. The van der Waals surface area contributed by atoms with Crippen molar-refractivity contribution >= 4 is 11.0 Å². The Balaban J connectivity index is 1.58. The van der Waals surface area contributed by atoms with Crippen LogP contribution in [0.1, 0.15) is 50.9 Å². The summed E-state index contributed by atoms with van der Waals surface area (Å²) >= 11 is 0. The molecule has 3 heterocycles. The summed E-state index contributed by atoms with van der Waals surface area (Å²) in [6.45, 7) is 5.61. The van der Waals surface area contributed by atoms with E-state index in [4.69, 9.17) is 9.15 Å². The number of aromatic nitrogens is 3. The van der Waals surface area contributed by atoms with Crippen LogP contribution in [0.4, 0.5) is 13.2 Å². The maximum atomic E-state index is 13.8. The number of halogens is 3. The number of oxazole rings is 1. The summed E-state index contributed by atoms with van der Waals surface area (Å²) in [6.07, 6.45) is 0.263. The quantitative estimate of drug-likeness (QED) is 0.626. The van der Waals surface area contributed by atoms with Gasteiger partial charge in [-0.25, -0.2) is 9.97 Å². The second-order valence-electron chi connectivity index (χ2n) is 8.47. The van der Waals surface area contributed by atoms with E-state index < -0.39 is 17.3 Å². The highest BCUT2D eigenvalue weighted by molar-refractivity contribution is 5.81. The molecule has 7 nitrogen and oxygen atoms in total. The molecule has 1 saturated heterocycles. The standard InChI is InChI=1S/C21H25F3N4O3/c1-12(2)28-10-25-17-5-15(4-16(19(17)28)21(22,23)24)31-8-14-7-20(29,6-13(3)27-14)18-9-30-11-26-18/h4-5,9-14,27,29H,6-8H2,1-3H3. The van der Waals surface area contributed by atoms with Crippen LogP contribution in [0.5, 0.6) is 5.75 Å². The average Bonchev–Trinajstić information content (AvgIpc) is 3.34. The predicted molar refractivity (Wildman–Crippen MR) is 107 cm³/mol. The molecule has 1 aliphatic heterocycles. The molecule has 0 spiro atoms. The number of rotatable bonds is 5. The number of nitrogens with zero attached hydrogens (tertiary/aromatic N) is 3. The summed E-state index contributed by atoms with van der Waals surface area (Å²) in [7, 11) is 0. The second kappa shape index (κ2) is 7.83. The monoisotopic (exact) mass is 438 g/mol. The summed E-state index contributed by atoms with van der Waals surface area (Å²) in [6, 6.07) is 2.03. The number of aliphatic hydroxyl groups is 1. The van der Waals surface area contributed by atoms with Gasteiger partial charge in [0.2, 0.25) is 0 Å². The lowest BCUT2D eigenvalue weighted by Crippen LogP contribution is -2.53. The van der Waals surface area contributed by atoms with Gasteiger partial charge in [0.05, 0.1) is 22.9 Å². The molecule has 0 bridgehead atoms. The van der Waals surface area contributed by atoms with E-state index in [1.807, 2.05) is 6.92 Å². The molecular weight excluding hydrogens is 413 g/mol. The number of fused-ring (bicyclic) bond motifs is 1. The van der Waals surface area contributed by atoms with Gasteiger partial charge in [-0.3, -0.25) is 0 Å². The molecule has 31 heavy (non-hydrogen) atoms. The molecule has 10 heteroatoms. The number of hydrogen-bond donors (Lipinski definition) is 2. The van der Waals surface area contributed by atoms with Gasteiger partial charge in [0.1, 0.15) is 29.9 Å². The first-order chi connectivity index (χ1) is 14.6. The minimum absolute atomic E-state index is 0.0414. The van der Waals surface area contributed by atoms with Gasteiger partial charge in [-0.15, -0.1) is 0 Å². The van der Waals surface area contributed by atoms with E-state index in [1.54, 1.807) is 13.8 Å². The third-order valence-corrected chi connectivity index (χ3v) is 5.61. The summed E-state index contributed by atoms with van der Waals surface area (Å²) in [4.78, 5) is 8.21. The van der Waals surface area contributed by atoms with Crippen molar-refractivity contribution in [2.75, 3.05) is 6.61 Å². The number of nitrogens with one attached hydrogen (secondary N) is 1. The van der Waals surface area contributed by atoms with E-state index in [1.165, 1.54) is 29.6 Å². The normalized spacial score (nSPS) is 24.8. The summed E-state index contributed by atoms with van der Waals surface area (Å²) < 4.78 is 53.6. The molecule has 0 radical (unpaired) electrons. The van der Waals surface area contributed by atoms with Crippen LogP contribution in [-0.4, -0.2) is 38.3 Å². The number of alkyl halides is 3. The Morgan fingerprint density at radius 2 is 2.10 bits per heavy atom. The van der Waals surface area contributed by atoms with Crippen molar-refractivity contribution in [3.8, 4) is 5.75 Å². The third-order valence-electron chi connectivity index (χ3n) is 5.61. The lowest BCUT2D eigenvalue weighted by molar-refractivity contribution is -0.136.